The second kappa shape index (κ2) is 12.5. The van der Waals surface area contributed by atoms with Gasteiger partial charge in [-0.05, 0) is 19.3 Å². The molecule has 0 fully saturated rings. The van der Waals surface area contributed by atoms with Gasteiger partial charge in [-0.15, -0.1) is 0 Å². The fourth-order valence-corrected chi connectivity index (χ4v) is 7.06. The van der Waals surface area contributed by atoms with Crippen LogP contribution in [-0.2, 0) is 0 Å². The van der Waals surface area contributed by atoms with Crippen LogP contribution in [0, 0.1) is 0 Å². The van der Waals surface area contributed by atoms with Gasteiger partial charge >= 0.3 is 0 Å². The molecule has 0 spiro atoms. The van der Waals surface area contributed by atoms with Gasteiger partial charge in [-0.1, -0.05) is 51.6 Å². The average molecular weight is 287 g/mol. The van der Waals surface area contributed by atoms with Crippen molar-refractivity contribution < 1.29 is 12.4 Å². The van der Waals surface area contributed by atoms with Crippen LogP contribution < -0.4 is 12.4 Å². The molecule has 0 bridgehead atoms. The van der Waals surface area contributed by atoms with Gasteiger partial charge in [0.15, 0.2) is 0 Å². The van der Waals surface area contributed by atoms with E-state index >= 15 is 0 Å². The molecule has 0 saturated heterocycles. The molecule has 0 rings (SSSR count). The minimum Gasteiger partial charge on any atom is -1.00 e. The predicted octanol–water partition coefficient (Wildman–Crippen LogP) is 2.60. The number of unbranched alkanes of at least 4 members (excludes halogenated alkanes) is 3. The van der Waals surface area contributed by atoms with Crippen LogP contribution in [0.1, 0.15) is 59.3 Å². The van der Waals surface area contributed by atoms with Crippen molar-refractivity contribution in [3.63, 3.8) is 0 Å². The lowest BCUT2D eigenvalue weighted by Gasteiger charge is -2.25. The fraction of sp³-hybridized carbons (Fsp3) is 1.00. The van der Waals surface area contributed by atoms with Crippen molar-refractivity contribution in [1.82, 2.24) is 0 Å². The van der Waals surface area contributed by atoms with Crippen molar-refractivity contribution in [2.24, 2.45) is 0 Å². The number of alkyl halides is 1. The summed E-state index contributed by atoms with van der Waals surface area (Å²) in [4.78, 5) is 0. The highest BCUT2D eigenvalue weighted by Gasteiger charge is 2.34. The van der Waals surface area contributed by atoms with E-state index in [1.54, 1.807) is 0 Å². The Morgan fingerprint density at radius 3 is 1.25 bits per heavy atom. The molecule has 100 valence electrons. The molecule has 16 heavy (non-hydrogen) atoms. The summed E-state index contributed by atoms with van der Waals surface area (Å²) >= 11 is 6.28. The Morgan fingerprint density at radius 2 is 1.06 bits per heavy atom. The highest BCUT2D eigenvalue weighted by Crippen LogP contribution is 2.61. The van der Waals surface area contributed by atoms with E-state index in [0.29, 0.717) is 0 Å². The second-order valence-corrected chi connectivity index (χ2v) is 9.67. The summed E-state index contributed by atoms with van der Waals surface area (Å²) in [7, 11) is -0.761. The van der Waals surface area contributed by atoms with Crippen molar-refractivity contribution in [3.05, 3.63) is 0 Å². The third kappa shape index (κ3) is 8.15. The summed E-state index contributed by atoms with van der Waals surface area (Å²) in [6.45, 7) is 6.88. The molecular formula is C13H29Cl2P. The van der Waals surface area contributed by atoms with Gasteiger partial charge in [0.05, 0.1) is 18.5 Å². The molecular weight excluding hydrogens is 258 g/mol. The third-order valence-corrected chi connectivity index (χ3v) is 9.03. The van der Waals surface area contributed by atoms with Gasteiger partial charge in [-0.3, -0.25) is 0 Å². The van der Waals surface area contributed by atoms with Gasteiger partial charge in [0.2, 0.25) is 0 Å². The lowest BCUT2D eigenvalue weighted by Crippen LogP contribution is -3.00. The van der Waals surface area contributed by atoms with Crippen LogP contribution in [0.2, 0.25) is 0 Å². The molecule has 0 unspecified atom stereocenters. The molecule has 0 aliphatic heterocycles. The third-order valence-electron chi connectivity index (χ3n) is 3.21. The molecule has 0 aliphatic rings. The fourth-order valence-electron chi connectivity index (χ4n) is 2.00. The van der Waals surface area contributed by atoms with Crippen molar-refractivity contribution >= 4 is 18.9 Å². The zero-order valence-corrected chi connectivity index (χ0v) is 13.7. The Bertz CT molecular complexity index is 118. The topological polar surface area (TPSA) is 0 Å². The summed E-state index contributed by atoms with van der Waals surface area (Å²) in [5.74, 6) is 0. The molecule has 0 aromatic carbocycles. The van der Waals surface area contributed by atoms with Gasteiger partial charge in [0.25, 0.3) is 0 Å². The SMILES string of the molecule is CCCC[P+](CCl)(CCCC)CCCC.[Cl-]. The summed E-state index contributed by atoms with van der Waals surface area (Å²) in [6.07, 6.45) is 12.5. The van der Waals surface area contributed by atoms with E-state index in [1.807, 2.05) is 0 Å². The van der Waals surface area contributed by atoms with E-state index in [1.165, 1.54) is 57.0 Å². The van der Waals surface area contributed by atoms with E-state index in [0.717, 1.165) is 5.62 Å². The van der Waals surface area contributed by atoms with E-state index < -0.39 is 7.26 Å². The average Bonchev–Trinajstić information content (AvgIpc) is 2.29. The lowest BCUT2D eigenvalue weighted by molar-refractivity contribution is -0.00000346. The Hall–Kier alpha value is 1.01. The van der Waals surface area contributed by atoms with Gasteiger partial charge in [-0.25, -0.2) is 0 Å². The van der Waals surface area contributed by atoms with E-state index in [9.17, 15) is 0 Å². The van der Waals surface area contributed by atoms with Crippen LogP contribution in [0.5, 0.6) is 0 Å². The predicted molar refractivity (Wildman–Crippen MR) is 77.0 cm³/mol. The van der Waals surface area contributed by atoms with Crippen LogP contribution >= 0.6 is 18.9 Å². The number of hydrogen-bond acceptors (Lipinski definition) is 0. The van der Waals surface area contributed by atoms with E-state index in [2.05, 4.69) is 20.8 Å². The van der Waals surface area contributed by atoms with Gasteiger partial charge in [0.1, 0.15) is 5.62 Å². The normalized spacial score (nSPS) is 11.2. The first-order valence-corrected chi connectivity index (χ1v) is 9.72. The molecule has 0 saturated carbocycles. The minimum atomic E-state index is -0.761. The molecule has 0 amide bonds. The molecule has 0 nitrogen and oxygen atoms in total. The van der Waals surface area contributed by atoms with Crippen molar-refractivity contribution in [1.29, 1.82) is 0 Å². The molecule has 0 atom stereocenters. The van der Waals surface area contributed by atoms with Crippen LogP contribution in [0.15, 0.2) is 0 Å². The largest absolute Gasteiger partial charge is 1.00 e. The number of rotatable bonds is 10. The van der Waals surface area contributed by atoms with Crippen molar-refractivity contribution in [3.8, 4) is 0 Å². The molecule has 0 aromatic rings. The molecule has 0 radical (unpaired) electrons. The summed E-state index contributed by atoms with van der Waals surface area (Å²) in [5.41, 5.74) is 0.979. The van der Waals surface area contributed by atoms with E-state index in [4.69, 9.17) is 11.6 Å². The van der Waals surface area contributed by atoms with Gasteiger partial charge in [0, 0.05) is 7.26 Å². The summed E-state index contributed by atoms with van der Waals surface area (Å²) in [5, 5.41) is 0. The van der Waals surface area contributed by atoms with Crippen LogP contribution in [0.3, 0.4) is 0 Å². The maximum absolute atomic E-state index is 6.28. The van der Waals surface area contributed by atoms with Gasteiger partial charge in [-0.2, -0.15) is 0 Å². The maximum atomic E-state index is 6.28. The minimum absolute atomic E-state index is 0. The van der Waals surface area contributed by atoms with Crippen molar-refractivity contribution in [2.75, 3.05) is 24.1 Å². The lowest BCUT2D eigenvalue weighted by atomic mass is 10.4. The molecule has 3 heteroatoms. The second-order valence-electron chi connectivity index (χ2n) is 4.69. The molecule has 0 N–H and O–H groups in total. The first-order chi connectivity index (χ1) is 7.24. The quantitative estimate of drug-likeness (QED) is 0.428. The maximum Gasteiger partial charge on any atom is 0.132 e. The monoisotopic (exact) mass is 286 g/mol. The number of hydrogen-bond donors (Lipinski definition) is 0. The Kier molecular flexibility index (Phi) is 15.1. The zero-order valence-electron chi connectivity index (χ0n) is 11.3. The smallest absolute Gasteiger partial charge is 0.132 e. The Labute approximate surface area is 115 Å². The standard InChI is InChI=1S/C13H29ClP.ClH/c1-4-7-10-15(13-14,11-8-5-2)12-9-6-3;/h4-13H2,1-3H3;1H/q+1;/p-1. The Balaban J connectivity index is 0. The molecule has 0 aliphatic carbocycles. The first kappa shape index (κ1) is 19.4. The zero-order chi connectivity index (χ0) is 11.6. The first-order valence-electron chi connectivity index (χ1n) is 6.65. The summed E-state index contributed by atoms with van der Waals surface area (Å²) in [6, 6.07) is 0. The highest BCUT2D eigenvalue weighted by molar-refractivity contribution is 7.77. The van der Waals surface area contributed by atoms with Crippen molar-refractivity contribution in [2.45, 2.75) is 59.3 Å². The summed E-state index contributed by atoms with van der Waals surface area (Å²) < 4.78 is 0. The number of halogens is 2. The van der Waals surface area contributed by atoms with Gasteiger partial charge < -0.3 is 12.4 Å². The Morgan fingerprint density at radius 1 is 0.750 bits per heavy atom. The highest BCUT2D eigenvalue weighted by atomic mass is 35.5. The van der Waals surface area contributed by atoms with Crippen LogP contribution in [0.4, 0.5) is 0 Å². The van der Waals surface area contributed by atoms with Crippen LogP contribution in [0.25, 0.3) is 0 Å². The van der Waals surface area contributed by atoms with E-state index in [-0.39, 0.29) is 12.4 Å². The molecule has 0 heterocycles. The van der Waals surface area contributed by atoms with Crippen LogP contribution in [-0.4, -0.2) is 24.1 Å². The molecule has 0 aromatic heterocycles.